The summed E-state index contributed by atoms with van der Waals surface area (Å²) in [5.41, 5.74) is 6.22. The lowest BCUT2D eigenvalue weighted by molar-refractivity contribution is 0.0896. The molecule has 3 fully saturated rings. The number of aromatic nitrogens is 1. The van der Waals surface area contributed by atoms with Crippen molar-refractivity contribution in [2.24, 2.45) is 11.7 Å². The Labute approximate surface area is 128 Å². The standard InChI is InChI=1S/C7H6BNO2S.C7H14N2/c10-8(11)7-5-3-1-2-4-6(5)12-9-7;8-7-5-9-3-1-6(7)2-4-9/h1-4,10-11H;6-7H,1-5,8H2. The Morgan fingerprint density at radius 2 is 1.95 bits per heavy atom. The molecule has 1 aromatic heterocycles. The van der Waals surface area contributed by atoms with Gasteiger partial charge in [-0.05, 0) is 49.4 Å². The number of rotatable bonds is 1. The van der Waals surface area contributed by atoms with E-state index in [1.54, 1.807) is 0 Å². The summed E-state index contributed by atoms with van der Waals surface area (Å²) >= 11 is 1.27. The number of piperidine rings is 3. The van der Waals surface area contributed by atoms with Gasteiger partial charge in [-0.1, -0.05) is 18.2 Å². The van der Waals surface area contributed by atoms with E-state index in [9.17, 15) is 0 Å². The van der Waals surface area contributed by atoms with Crippen molar-refractivity contribution in [3.05, 3.63) is 24.3 Å². The molecular weight excluding hydrogens is 285 g/mol. The summed E-state index contributed by atoms with van der Waals surface area (Å²) in [6, 6.07) is 7.97. The van der Waals surface area contributed by atoms with Gasteiger partial charge in [0.25, 0.3) is 0 Å². The Bertz CT molecular complexity index is 599. The van der Waals surface area contributed by atoms with Crippen molar-refractivity contribution in [1.29, 1.82) is 0 Å². The second-order valence-electron chi connectivity index (χ2n) is 5.74. The molecule has 0 radical (unpaired) electrons. The van der Waals surface area contributed by atoms with E-state index in [2.05, 4.69) is 9.27 Å². The first-order valence-corrected chi connectivity index (χ1v) is 8.11. The van der Waals surface area contributed by atoms with Crippen LogP contribution in [0.3, 0.4) is 0 Å². The van der Waals surface area contributed by atoms with Gasteiger partial charge in [0.2, 0.25) is 0 Å². The average molecular weight is 305 g/mol. The van der Waals surface area contributed by atoms with Gasteiger partial charge in [0.15, 0.2) is 0 Å². The van der Waals surface area contributed by atoms with Crippen molar-refractivity contribution in [1.82, 2.24) is 9.27 Å². The highest BCUT2D eigenvalue weighted by atomic mass is 32.1. The van der Waals surface area contributed by atoms with E-state index in [0.29, 0.717) is 11.6 Å². The molecule has 0 saturated carbocycles. The van der Waals surface area contributed by atoms with Gasteiger partial charge < -0.3 is 20.7 Å². The predicted molar refractivity (Wildman–Crippen MR) is 86.6 cm³/mol. The molecule has 0 aliphatic carbocycles. The minimum Gasteiger partial charge on any atom is -0.422 e. The van der Waals surface area contributed by atoms with Crippen molar-refractivity contribution >= 4 is 34.3 Å². The first kappa shape index (κ1) is 14.9. The summed E-state index contributed by atoms with van der Waals surface area (Å²) in [7, 11) is -1.47. The molecular formula is C14H20BN3O2S. The Kier molecular flexibility index (Phi) is 4.56. The summed E-state index contributed by atoms with van der Waals surface area (Å²) in [5.74, 6) is 0.856. The molecule has 5 rings (SSSR count). The molecule has 21 heavy (non-hydrogen) atoms. The van der Waals surface area contributed by atoms with Crippen LogP contribution in [0.4, 0.5) is 0 Å². The zero-order chi connectivity index (χ0) is 14.8. The lowest BCUT2D eigenvalue weighted by Crippen LogP contribution is -2.54. The van der Waals surface area contributed by atoms with Crippen molar-refractivity contribution in [2.45, 2.75) is 18.9 Å². The van der Waals surface area contributed by atoms with Gasteiger partial charge in [-0.3, -0.25) is 0 Å². The van der Waals surface area contributed by atoms with E-state index in [-0.39, 0.29) is 0 Å². The van der Waals surface area contributed by atoms with E-state index in [1.807, 2.05) is 24.3 Å². The highest BCUT2D eigenvalue weighted by molar-refractivity contribution is 7.14. The molecule has 1 aromatic carbocycles. The van der Waals surface area contributed by atoms with Crippen LogP contribution in [0.5, 0.6) is 0 Å². The molecule has 112 valence electrons. The SMILES string of the molecule is NC1CN2CCC1CC2.OB(O)c1nsc2ccccc12. The van der Waals surface area contributed by atoms with E-state index in [0.717, 1.165) is 22.5 Å². The zero-order valence-corrected chi connectivity index (χ0v) is 12.7. The Morgan fingerprint density at radius 3 is 2.48 bits per heavy atom. The molecule has 1 unspecified atom stereocenters. The zero-order valence-electron chi connectivity index (χ0n) is 11.9. The van der Waals surface area contributed by atoms with E-state index in [1.165, 1.54) is 37.5 Å². The van der Waals surface area contributed by atoms with Gasteiger partial charge in [0.1, 0.15) is 0 Å². The molecule has 7 heteroatoms. The van der Waals surface area contributed by atoms with Gasteiger partial charge >= 0.3 is 7.12 Å². The van der Waals surface area contributed by atoms with Gasteiger partial charge in [0.05, 0.1) is 10.3 Å². The van der Waals surface area contributed by atoms with Gasteiger partial charge in [0, 0.05) is 18.0 Å². The van der Waals surface area contributed by atoms with E-state index in [4.69, 9.17) is 15.8 Å². The van der Waals surface area contributed by atoms with Crippen LogP contribution in [0.2, 0.25) is 0 Å². The second-order valence-corrected chi connectivity index (χ2v) is 6.54. The third-order valence-electron chi connectivity index (χ3n) is 4.36. The van der Waals surface area contributed by atoms with Crippen LogP contribution in [0, 0.1) is 5.92 Å². The Balaban J connectivity index is 0.000000131. The summed E-state index contributed by atoms with van der Waals surface area (Å²) in [4.78, 5) is 2.48. The first-order chi connectivity index (χ1) is 10.1. The maximum Gasteiger partial charge on any atom is 0.509 e. The Hall–Kier alpha value is -0.985. The molecule has 3 aliphatic rings. The lowest BCUT2D eigenvalue weighted by atomic mass is 9.84. The average Bonchev–Trinajstić information content (AvgIpc) is 2.93. The topological polar surface area (TPSA) is 82.6 Å². The molecule has 0 amide bonds. The monoisotopic (exact) mass is 305 g/mol. The maximum absolute atomic E-state index is 8.91. The molecule has 4 N–H and O–H groups in total. The van der Waals surface area contributed by atoms with Crippen molar-refractivity contribution in [2.75, 3.05) is 19.6 Å². The fraction of sp³-hybridized carbons (Fsp3) is 0.500. The van der Waals surface area contributed by atoms with Crippen LogP contribution >= 0.6 is 11.5 Å². The van der Waals surface area contributed by atoms with Gasteiger partial charge in [-0.15, -0.1) is 0 Å². The number of hydrogen-bond donors (Lipinski definition) is 3. The molecule has 2 aromatic rings. The van der Waals surface area contributed by atoms with E-state index >= 15 is 0 Å². The Morgan fingerprint density at radius 1 is 1.24 bits per heavy atom. The molecule has 2 bridgehead atoms. The third kappa shape index (κ3) is 3.27. The highest BCUT2D eigenvalue weighted by Crippen LogP contribution is 2.25. The van der Waals surface area contributed by atoms with Gasteiger partial charge in [-0.2, -0.15) is 0 Å². The summed E-state index contributed by atoms with van der Waals surface area (Å²) < 4.78 is 4.91. The molecule has 1 atom stereocenters. The van der Waals surface area contributed by atoms with Crippen LogP contribution in [0.25, 0.3) is 10.1 Å². The van der Waals surface area contributed by atoms with E-state index < -0.39 is 7.12 Å². The smallest absolute Gasteiger partial charge is 0.422 e. The molecule has 5 nitrogen and oxygen atoms in total. The predicted octanol–water partition coefficient (Wildman–Crippen LogP) is 0.0154. The quantitative estimate of drug-likeness (QED) is 0.647. The number of benzene rings is 1. The van der Waals surface area contributed by atoms with Crippen LogP contribution in [0.15, 0.2) is 24.3 Å². The van der Waals surface area contributed by atoms with Crippen LogP contribution in [-0.4, -0.2) is 52.1 Å². The number of nitrogens with zero attached hydrogens (tertiary/aromatic N) is 2. The van der Waals surface area contributed by atoms with Gasteiger partial charge in [-0.25, -0.2) is 4.37 Å². The maximum atomic E-state index is 8.91. The van der Waals surface area contributed by atoms with Crippen molar-refractivity contribution in [3.63, 3.8) is 0 Å². The number of fused-ring (bicyclic) bond motifs is 4. The van der Waals surface area contributed by atoms with Crippen LogP contribution < -0.4 is 11.3 Å². The number of nitrogens with two attached hydrogens (primary N) is 1. The number of hydrogen-bond acceptors (Lipinski definition) is 6. The third-order valence-corrected chi connectivity index (χ3v) is 5.20. The molecule has 4 heterocycles. The first-order valence-electron chi connectivity index (χ1n) is 7.33. The summed E-state index contributed by atoms with van der Waals surface area (Å²) in [6.07, 6.45) is 2.70. The fourth-order valence-electron chi connectivity index (χ4n) is 3.10. The van der Waals surface area contributed by atoms with Crippen molar-refractivity contribution < 1.29 is 10.0 Å². The van der Waals surface area contributed by atoms with Crippen LogP contribution in [-0.2, 0) is 0 Å². The summed E-state index contributed by atoms with van der Waals surface area (Å²) in [6.45, 7) is 3.77. The normalized spacial score (nSPS) is 27.3. The molecule has 3 saturated heterocycles. The largest absolute Gasteiger partial charge is 0.509 e. The fourth-order valence-corrected chi connectivity index (χ4v) is 3.90. The van der Waals surface area contributed by atoms with Crippen LogP contribution in [0.1, 0.15) is 12.8 Å². The molecule has 3 aliphatic heterocycles. The highest BCUT2D eigenvalue weighted by Gasteiger charge is 2.31. The van der Waals surface area contributed by atoms with Crippen molar-refractivity contribution in [3.8, 4) is 0 Å². The molecule has 0 spiro atoms. The lowest BCUT2D eigenvalue weighted by Gasteiger charge is -2.43. The minimum absolute atomic E-state index is 0.343. The minimum atomic E-state index is -1.47. The summed E-state index contributed by atoms with van der Waals surface area (Å²) in [5, 5.41) is 18.6. The second kappa shape index (κ2) is 6.42.